The number of ketones is 1. The number of fused-ring (bicyclic) bond motifs is 2. The third kappa shape index (κ3) is 1.77. The van der Waals surface area contributed by atoms with E-state index in [9.17, 15) is 4.79 Å². The summed E-state index contributed by atoms with van der Waals surface area (Å²) in [4.78, 5) is 12.8. The number of methoxy groups -OCH3 is 2. The molecule has 0 amide bonds. The lowest BCUT2D eigenvalue weighted by Crippen LogP contribution is -2.34. The minimum atomic E-state index is -0.209. The number of Topliss-reactive ketones (excluding diaryl/α,β-unsaturated/α-hetero) is 1. The van der Waals surface area contributed by atoms with E-state index >= 15 is 0 Å². The van der Waals surface area contributed by atoms with Gasteiger partial charge in [0.15, 0.2) is 5.78 Å². The Balaban J connectivity index is 2.12. The third-order valence-electron chi connectivity index (χ3n) is 3.91. The van der Waals surface area contributed by atoms with Crippen LogP contribution < -0.4 is 4.74 Å². The second-order valence-electron chi connectivity index (χ2n) is 4.86. The van der Waals surface area contributed by atoms with Crippen molar-refractivity contribution in [2.75, 3.05) is 14.2 Å². The van der Waals surface area contributed by atoms with Crippen LogP contribution in [-0.4, -0.2) is 20.0 Å². The summed E-state index contributed by atoms with van der Waals surface area (Å²) in [5.41, 5.74) is 1.78. The zero-order valence-corrected chi connectivity index (χ0v) is 11.1. The van der Waals surface area contributed by atoms with Gasteiger partial charge in [0, 0.05) is 0 Å². The van der Waals surface area contributed by atoms with E-state index in [4.69, 9.17) is 9.47 Å². The monoisotopic (exact) mass is 256 g/mol. The molecule has 0 bridgehead atoms. The molecule has 3 rings (SSSR count). The lowest BCUT2D eigenvalue weighted by Gasteiger charge is -2.33. The molecule has 0 saturated heterocycles. The average Bonchev–Trinajstić information content (AvgIpc) is 2.45. The van der Waals surface area contributed by atoms with Gasteiger partial charge in [-0.1, -0.05) is 24.3 Å². The van der Waals surface area contributed by atoms with Crippen molar-refractivity contribution < 1.29 is 14.3 Å². The van der Waals surface area contributed by atoms with Crippen LogP contribution in [0.2, 0.25) is 0 Å². The van der Waals surface area contributed by atoms with Crippen LogP contribution in [0.5, 0.6) is 5.75 Å². The summed E-state index contributed by atoms with van der Waals surface area (Å²) in [6.45, 7) is 0. The molecule has 0 aromatic heterocycles. The first-order valence-electron chi connectivity index (χ1n) is 6.38. The number of allylic oxidation sites excluding steroid dienone is 4. The highest BCUT2D eigenvalue weighted by Crippen LogP contribution is 2.40. The fourth-order valence-corrected chi connectivity index (χ4v) is 3.03. The molecule has 98 valence electrons. The molecule has 2 atom stereocenters. The Morgan fingerprint density at radius 2 is 2.05 bits per heavy atom. The zero-order chi connectivity index (χ0) is 13.4. The number of rotatable bonds is 2. The van der Waals surface area contributed by atoms with Crippen molar-refractivity contribution >= 4 is 5.78 Å². The molecular weight excluding hydrogens is 240 g/mol. The van der Waals surface area contributed by atoms with Crippen LogP contribution in [-0.2, 0) is 11.2 Å². The highest BCUT2D eigenvalue weighted by atomic mass is 16.5. The molecule has 3 heteroatoms. The van der Waals surface area contributed by atoms with Gasteiger partial charge in [0.2, 0.25) is 0 Å². The van der Waals surface area contributed by atoms with Crippen LogP contribution in [0.25, 0.3) is 0 Å². The van der Waals surface area contributed by atoms with E-state index in [1.54, 1.807) is 14.2 Å². The van der Waals surface area contributed by atoms with E-state index in [1.165, 1.54) is 0 Å². The summed E-state index contributed by atoms with van der Waals surface area (Å²) in [6, 6.07) is 5.78. The Hall–Kier alpha value is -2.03. The van der Waals surface area contributed by atoms with Crippen molar-refractivity contribution in [3.63, 3.8) is 0 Å². The molecule has 19 heavy (non-hydrogen) atoms. The maximum atomic E-state index is 12.8. The molecular formula is C16H16O3. The van der Waals surface area contributed by atoms with E-state index in [0.717, 1.165) is 17.7 Å². The van der Waals surface area contributed by atoms with Gasteiger partial charge in [-0.15, -0.1) is 0 Å². The molecule has 0 spiro atoms. The van der Waals surface area contributed by atoms with E-state index in [-0.39, 0.29) is 17.6 Å². The topological polar surface area (TPSA) is 35.5 Å². The predicted octanol–water partition coefficient (Wildman–Crippen LogP) is 2.77. The first-order valence-corrected chi connectivity index (χ1v) is 6.38. The SMILES string of the molecule is COC1=CC=C[C@H]2Cc3cccc(OC)c3C(=O)[C@H]12. The molecule has 0 heterocycles. The zero-order valence-electron chi connectivity index (χ0n) is 11.1. The Kier molecular flexibility index (Phi) is 2.90. The van der Waals surface area contributed by atoms with Gasteiger partial charge in [-0.3, -0.25) is 4.79 Å². The van der Waals surface area contributed by atoms with Crippen molar-refractivity contribution in [1.29, 1.82) is 0 Å². The average molecular weight is 256 g/mol. The number of ether oxygens (including phenoxy) is 2. The van der Waals surface area contributed by atoms with Gasteiger partial charge in [-0.05, 0) is 30.0 Å². The summed E-state index contributed by atoms with van der Waals surface area (Å²) in [6.07, 6.45) is 6.78. The van der Waals surface area contributed by atoms with E-state index < -0.39 is 0 Å². The van der Waals surface area contributed by atoms with Gasteiger partial charge >= 0.3 is 0 Å². The number of carbonyl (C=O) groups excluding carboxylic acids is 1. The smallest absolute Gasteiger partial charge is 0.178 e. The predicted molar refractivity (Wildman–Crippen MR) is 72.2 cm³/mol. The number of hydrogen-bond donors (Lipinski definition) is 0. The number of hydrogen-bond acceptors (Lipinski definition) is 3. The van der Waals surface area contributed by atoms with Crippen molar-refractivity contribution in [1.82, 2.24) is 0 Å². The minimum Gasteiger partial charge on any atom is -0.500 e. The maximum absolute atomic E-state index is 12.8. The third-order valence-corrected chi connectivity index (χ3v) is 3.91. The molecule has 0 fully saturated rings. The van der Waals surface area contributed by atoms with Crippen LogP contribution in [0.1, 0.15) is 15.9 Å². The van der Waals surface area contributed by atoms with Crippen LogP contribution >= 0.6 is 0 Å². The lowest BCUT2D eigenvalue weighted by molar-refractivity contribution is 0.0837. The van der Waals surface area contributed by atoms with Crippen LogP contribution in [0.3, 0.4) is 0 Å². The quantitative estimate of drug-likeness (QED) is 0.816. The Bertz CT molecular complexity index is 584. The summed E-state index contributed by atoms with van der Waals surface area (Å²) in [5, 5.41) is 0. The highest BCUT2D eigenvalue weighted by molar-refractivity contribution is 6.04. The molecule has 1 aromatic carbocycles. The van der Waals surface area contributed by atoms with E-state index in [1.807, 2.05) is 30.4 Å². The summed E-state index contributed by atoms with van der Waals surface area (Å²) in [5.74, 6) is 1.48. The molecule has 0 unspecified atom stereocenters. The van der Waals surface area contributed by atoms with Gasteiger partial charge in [-0.2, -0.15) is 0 Å². The van der Waals surface area contributed by atoms with Crippen LogP contribution in [0.15, 0.2) is 42.2 Å². The van der Waals surface area contributed by atoms with Gasteiger partial charge in [0.25, 0.3) is 0 Å². The van der Waals surface area contributed by atoms with Crippen molar-refractivity contribution in [3.8, 4) is 5.75 Å². The largest absolute Gasteiger partial charge is 0.500 e. The standard InChI is InChI=1S/C16H16O3/c1-18-12-7-3-5-10-9-11-6-4-8-13(19-2)15(11)16(17)14(10)12/h3-8,10,14H,9H2,1-2H3/t10-,14-/m0/s1. The molecule has 0 radical (unpaired) electrons. The van der Waals surface area contributed by atoms with Crippen LogP contribution in [0, 0.1) is 11.8 Å². The Labute approximate surface area is 112 Å². The maximum Gasteiger partial charge on any atom is 0.178 e. The van der Waals surface area contributed by atoms with E-state index in [2.05, 4.69) is 6.08 Å². The van der Waals surface area contributed by atoms with Gasteiger partial charge < -0.3 is 9.47 Å². The molecule has 1 aromatic rings. The fraction of sp³-hybridized carbons (Fsp3) is 0.312. The Morgan fingerprint density at radius 3 is 2.79 bits per heavy atom. The van der Waals surface area contributed by atoms with Gasteiger partial charge in [-0.25, -0.2) is 0 Å². The summed E-state index contributed by atoms with van der Waals surface area (Å²) >= 11 is 0. The molecule has 0 saturated carbocycles. The molecule has 0 N–H and O–H groups in total. The normalized spacial score (nSPS) is 24.3. The molecule has 2 aliphatic carbocycles. The van der Waals surface area contributed by atoms with Crippen molar-refractivity contribution in [2.24, 2.45) is 11.8 Å². The second-order valence-corrected chi connectivity index (χ2v) is 4.86. The highest BCUT2D eigenvalue weighted by Gasteiger charge is 2.40. The minimum absolute atomic E-state index is 0.0983. The van der Waals surface area contributed by atoms with Gasteiger partial charge in [0.05, 0.1) is 25.7 Å². The number of carbonyl (C=O) groups is 1. The fourth-order valence-electron chi connectivity index (χ4n) is 3.03. The van der Waals surface area contributed by atoms with E-state index in [0.29, 0.717) is 11.3 Å². The van der Waals surface area contributed by atoms with Crippen molar-refractivity contribution in [2.45, 2.75) is 6.42 Å². The molecule has 2 aliphatic rings. The molecule has 3 nitrogen and oxygen atoms in total. The first kappa shape index (κ1) is 12.0. The first-order chi connectivity index (χ1) is 9.26. The van der Waals surface area contributed by atoms with Crippen molar-refractivity contribution in [3.05, 3.63) is 53.3 Å². The summed E-state index contributed by atoms with van der Waals surface area (Å²) in [7, 11) is 3.22. The van der Waals surface area contributed by atoms with Crippen LogP contribution in [0.4, 0.5) is 0 Å². The lowest BCUT2D eigenvalue weighted by atomic mass is 9.72. The Morgan fingerprint density at radius 1 is 1.21 bits per heavy atom. The van der Waals surface area contributed by atoms with Gasteiger partial charge in [0.1, 0.15) is 11.5 Å². The number of benzene rings is 1. The summed E-state index contributed by atoms with van der Waals surface area (Å²) < 4.78 is 10.7. The molecule has 0 aliphatic heterocycles. The second kappa shape index (κ2) is 4.57.